The number of carbonyl (C=O) groups excluding carboxylic acids is 2. The van der Waals surface area contributed by atoms with E-state index in [0.717, 1.165) is 0 Å². The highest BCUT2D eigenvalue weighted by atomic mass is 16.6. The van der Waals surface area contributed by atoms with Crippen LogP contribution in [0.5, 0.6) is 0 Å². The first-order valence-corrected chi connectivity index (χ1v) is 5.16. The maximum Gasteiger partial charge on any atom is 0.344 e. The Morgan fingerprint density at radius 3 is 2.62 bits per heavy atom. The molecule has 1 heterocycles. The summed E-state index contributed by atoms with van der Waals surface area (Å²) in [4.78, 5) is 33.4. The third-order valence-electron chi connectivity index (χ3n) is 2.78. The summed E-state index contributed by atoms with van der Waals surface area (Å²) < 4.78 is 4.79. The van der Waals surface area contributed by atoms with E-state index < -0.39 is 23.6 Å². The van der Waals surface area contributed by atoms with Gasteiger partial charge in [-0.3, -0.25) is 4.79 Å². The van der Waals surface area contributed by atoms with Crippen LogP contribution < -0.4 is 5.32 Å². The van der Waals surface area contributed by atoms with Crippen LogP contribution in [0.4, 0.5) is 0 Å². The fourth-order valence-electron chi connectivity index (χ4n) is 1.61. The maximum absolute atomic E-state index is 11.8. The zero-order chi connectivity index (χ0) is 12.3. The zero-order valence-corrected chi connectivity index (χ0v) is 9.28. The molecule has 1 fully saturated rings. The van der Waals surface area contributed by atoms with E-state index in [1.165, 1.54) is 6.92 Å². The standard InChI is InChI=1S/C10H15NO5/c1-3-10(5-4-7(12)11-10)9(15)16-6(2)8(13)14/h6H,3-5H2,1-2H3,(H,11,12)(H,13,14). The lowest BCUT2D eigenvalue weighted by atomic mass is 9.94. The van der Waals surface area contributed by atoms with Crippen molar-refractivity contribution in [3.63, 3.8) is 0 Å². The van der Waals surface area contributed by atoms with Gasteiger partial charge in [0.2, 0.25) is 5.91 Å². The molecule has 1 aliphatic heterocycles. The van der Waals surface area contributed by atoms with E-state index in [0.29, 0.717) is 12.8 Å². The van der Waals surface area contributed by atoms with Crippen LogP contribution in [0, 0.1) is 0 Å². The summed E-state index contributed by atoms with van der Waals surface area (Å²) in [5.74, 6) is -2.08. The number of ether oxygens (including phenoxy) is 1. The molecule has 6 nitrogen and oxygen atoms in total. The quantitative estimate of drug-likeness (QED) is 0.665. The minimum atomic E-state index is -1.20. The molecule has 6 heteroatoms. The minimum Gasteiger partial charge on any atom is -0.479 e. The molecule has 0 bridgehead atoms. The highest BCUT2D eigenvalue weighted by Gasteiger charge is 2.45. The van der Waals surface area contributed by atoms with Crippen molar-refractivity contribution in [2.24, 2.45) is 0 Å². The molecule has 0 aromatic rings. The first-order valence-electron chi connectivity index (χ1n) is 5.16. The Labute approximate surface area is 93.0 Å². The van der Waals surface area contributed by atoms with Crippen LogP contribution in [-0.2, 0) is 19.1 Å². The number of carbonyl (C=O) groups is 3. The number of hydrogen-bond acceptors (Lipinski definition) is 4. The van der Waals surface area contributed by atoms with E-state index in [-0.39, 0.29) is 12.3 Å². The second-order valence-electron chi connectivity index (χ2n) is 3.87. The summed E-state index contributed by atoms with van der Waals surface area (Å²) in [5, 5.41) is 11.2. The molecule has 90 valence electrons. The first kappa shape index (κ1) is 12.5. The van der Waals surface area contributed by atoms with E-state index in [2.05, 4.69) is 5.32 Å². The Balaban J connectivity index is 2.71. The van der Waals surface area contributed by atoms with Crippen molar-refractivity contribution >= 4 is 17.8 Å². The summed E-state index contributed by atoms with van der Waals surface area (Å²) in [6, 6.07) is 0. The van der Waals surface area contributed by atoms with Gasteiger partial charge in [-0.1, -0.05) is 6.92 Å². The van der Waals surface area contributed by atoms with Gasteiger partial charge >= 0.3 is 11.9 Å². The van der Waals surface area contributed by atoms with Gasteiger partial charge in [-0.05, 0) is 19.8 Å². The summed E-state index contributed by atoms with van der Waals surface area (Å²) in [7, 11) is 0. The smallest absolute Gasteiger partial charge is 0.344 e. The molecule has 0 spiro atoms. The van der Waals surface area contributed by atoms with E-state index in [1.54, 1.807) is 6.92 Å². The average Bonchev–Trinajstić information content (AvgIpc) is 2.61. The van der Waals surface area contributed by atoms with Gasteiger partial charge in [0.1, 0.15) is 5.54 Å². The second kappa shape index (κ2) is 4.51. The van der Waals surface area contributed by atoms with Crippen molar-refractivity contribution in [2.45, 2.75) is 44.8 Å². The molecule has 16 heavy (non-hydrogen) atoms. The predicted molar refractivity (Wildman–Crippen MR) is 53.6 cm³/mol. The van der Waals surface area contributed by atoms with Crippen LogP contribution in [0.3, 0.4) is 0 Å². The van der Waals surface area contributed by atoms with E-state index >= 15 is 0 Å². The Morgan fingerprint density at radius 1 is 1.62 bits per heavy atom. The molecular formula is C10H15NO5. The summed E-state index contributed by atoms with van der Waals surface area (Å²) >= 11 is 0. The summed E-state index contributed by atoms with van der Waals surface area (Å²) in [5.41, 5.74) is -1.04. The van der Waals surface area contributed by atoms with Crippen molar-refractivity contribution in [1.82, 2.24) is 5.32 Å². The molecule has 0 aromatic carbocycles. The van der Waals surface area contributed by atoms with Crippen molar-refractivity contribution in [3.8, 4) is 0 Å². The van der Waals surface area contributed by atoms with Crippen LogP contribution in [0.2, 0.25) is 0 Å². The van der Waals surface area contributed by atoms with Crippen LogP contribution in [0.25, 0.3) is 0 Å². The number of esters is 1. The van der Waals surface area contributed by atoms with Gasteiger partial charge in [0.05, 0.1) is 0 Å². The third kappa shape index (κ3) is 2.32. The van der Waals surface area contributed by atoms with E-state index in [1.807, 2.05) is 0 Å². The molecule has 1 aliphatic rings. The molecule has 1 rings (SSSR count). The molecule has 2 unspecified atom stereocenters. The van der Waals surface area contributed by atoms with Crippen LogP contribution >= 0.6 is 0 Å². The van der Waals surface area contributed by atoms with Crippen molar-refractivity contribution in [1.29, 1.82) is 0 Å². The van der Waals surface area contributed by atoms with Gasteiger partial charge in [-0.2, -0.15) is 0 Å². The van der Waals surface area contributed by atoms with E-state index in [9.17, 15) is 14.4 Å². The molecule has 0 aromatic heterocycles. The molecule has 1 amide bonds. The SMILES string of the molecule is CCC1(C(=O)OC(C)C(=O)O)CCC(=O)N1. The van der Waals surface area contributed by atoms with Gasteiger partial charge in [-0.25, -0.2) is 9.59 Å². The number of carboxylic acid groups (broad SMARTS) is 1. The number of rotatable bonds is 4. The predicted octanol–water partition coefficient (Wildman–Crippen LogP) is 0.0615. The largest absolute Gasteiger partial charge is 0.479 e. The number of carboxylic acids is 1. The highest BCUT2D eigenvalue weighted by Crippen LogP contribution is 2.25. The lowest BCUT2D eigenvalue weighted by molar-refractivity contribution is -0.167. The Morgan fingerprint density at radius 2 is 2.25 bits per heavy atom. The molecule has 2 atom stereocenters. The number of amides is 1. The number of aliphatic carboxylic acids is 1. The summed E-state index contributed by atoms with van der Waals surface area (Å²) in [6.45, 7) is 3.03. The fraction of sp³-hybridized carbons (Fsp3) is 0.700. The van der Waals surface area contributed by atoms with Crippen LogP contribution in [0.1, 0.15) is 33.1 Å². The van der Waals surface area contributed by atoms with Crippen LogP contribution in [-0.4, -0.2) is 34.6 Å². The van der Waals surface area contributed by atoms with Crippen LogP contribution in [0.15, 0.2) is 0 Å². The highest BCUT2D eigenvalue weighted by molar-refractivity contribution is 5.92. The van der Waals surface area contributed by atoms with E-state index in [4.69, 9.17) is 9.84 Å². The topological polar surface area (TPSA) is 92.7 Å². The van der Waals surface area contributed by atoms with Crippen molar-refractivity contribution < 1.29 is 24.2 Å². The lowest BCUT2D eigenvalue weighted by Gasteiger charge is -2.26. The van der Waals surface area contributed by atoms with Gasteiger partial charge in [0.25, 0.3) is 0 Å². The molecule has 1 saturated heterocycles. The molecule has 2 N–H and O–H groups in total. The van der Waals surface area contributed by atoms with Gasteiger partial charge in [-0.15, -0.1) is 0 Å². The normalized spacial score (nSPS) is 26.0. The van der Waals surface area contributed by atoms with Crippen molar-refractivity contribution in [3.05, 3.63) is 0 Å². The number of hydrogen-bond donors (Lipinski definition) is 2. The minimum absolute atomic E-state index is 0.207. The van der Waals surface area contributed by atoms with Gasteiger partial charge in [0.15, 0.2) is 6.10 Å². The molecule has 0 saturated carbocycles. The Kier molecular flexibility index (Phi) is 3.51. The van der Waals surface area contributed by atoms with Gasteiger partial charge < -0.3 is 15.2 Å². The molecule has 0 aliphatic carbocycles. The lowest BCUT2D eigenvalue weighted by Crippen LogP contribution is -2.50. The molecular weight excluding hydrogens is 214 g/mol. The average molecular weight is 229 g/mol. The van der Waals surface area contributed by atoms with Gasteiger partial charge in [0, 0.05) is 6.42 Å². The fourth-order valence-corrected chi connectivity index (χ4v) is 1.61. The monoisotopic (exact) mass is 229 g/mol. The third-order valence-corrected chi connectivity index (χ3v) is 2.78. The number of nitrogens with one attached hydrogen (secondary N) is 1. The van der Waals surface area contributed by atoms with Crippen molar-refractivity contribution in [2.75, 3.05) is 0 Å². The first-order chi connectivity index (χ1) is 7.41. The molecule has 0 radical (unpaired) electrons. The Hall–Kier alpha value is -1.59. The summed E-state index contributed by atoms with van der Waals surface area (Å²) in [6.07, 6.45) is -0.185. The maximum atomic E-state index is 11.8. The second-order valence-corrected chi connectivity index (χ2v) is 3.87. The zero-order valence-electron chi connectivity index (χ0n) is 9.28. The Bertz CT molecular complexity index is 327.